The lowest BCUT2D eigenvalue weighted by Gasteiger charge is -2.33. The van der Waals surface area contributed by atoms with E-state index in [4.69, 9.17) is 9.41 Å². The zero-order valence-corrected chi connectivity index (χ0v) is 35.4. The fourth-order valence-electron chi connectivity index (χ4n) is 10.0. The molecule has 2 aromatic heterocycles. The molecule has 0 saturated carbocycles. The van der Waals surface area contributed by atoms with Crippen LogP contribution in [0.3, 0.4) is 0 Å². The quantitative estimate of drug-likeness (QED) is 0.175. The normalized spacial score (nSPS) is 15.3. The highest BCUT2D eigenvalue weighted by atomic mass is 32.1. The summed E-state index contributed by atoms with van der Waals surface area (Å²) in [5.74, 6) is 0.874. The summed E-state index contributed by atoms with van der Waals surface area (Å²) >= 11 is 1.83. The molecule has 0 aliphatic carbocycles. The molecule has 2 atom stereocenters. The molecule has 2 unspecified atom stereocenters. The van der Waals surface area contributed by atoms with Crippen molar-refractivity contribution in [2.45, 2.75) is 12.3 Å². The van der Waals surface area contributed by atoms with Gasteiger partial charge in [-0.15, -0.1) is 11.3 Å². The van der Waals surface area contributed by atoms with Gasteiger partial charge >= 0.3 is 0 Å². The summed E-state index contributed by atoms with van der Waals surface area (Å²) < 4.78 is 9.11. The molecule has 0 amide bonds. The number of nitrogens with one attached hydrogen (secondary N) is 2. The molecule has 0 bridgehead atoms. The molecular weight excluding hydrogens is 799 g/mol. The van der Waals surface area contributed by atoms with Crippen molar-refractivity contribution in [3.63, 3.8) is 0 Å². The fourth-order valence-corrected chi connectivity index (χ4v) is 11.1. The first-order valence-corrected chi connectivity index (χ1v) is 22.7. The largest absolute Gasteiger partial charge is 0.456 e. The van der Waals surface area contributed by atoms with E-state index in [9.17, 15) is 0 Å². The van der Waals surface area contributed by atoms with E-state index >= 15 is 0 Å². The van der Waals surface area contributed by atoms with Crippen molar-refractivity contribution in [2.24, 2.45) is 4.99 Å². The molecule has 0 radical (unpaired) electrons. The van der Waals surface area contributed by atoms with Crippen molar-refractivity contribution in [1.82, 2.24) is 10.6 Å². The van der Waals surface area contributed by atoms with Crippen LogP contribution in [0.5, 0.6) is 0 Å². The topological polar surface area (TPSA) is 49.6 Å². The minimum atomic E-state index is -0.312. The molecule has 1 aliphatic rings. The van der Waals surface area contributed by atoms with E-state index in [-0.39, 0.29) is 12.3 Å². The first kappa shape index (κ1) is 36.8. The Kier molecular flexibility index (Phi) is 8.58. The third-order valence-electron chi connectivity index (χ3n) is 13.0. The van der Waals surface area contributed by atoms with E-state index < -0.39 is 0 Å². The number of benzene rings is 10. The van der Waals surface area contributed by atoms with Gasteiger partial charge in [0.25, 0.3) is 0 Å². The van der Waals surface area contributed by atoms with Crippen molar-refractivity contribution < 1.29 is 4.42 Å². The van der Waals surface area contributed by atoms with Crippen molar-refractivity contribution in [2.75, 3.05) is 0 Å². The van der Waals surface area contributed by atoms with Crippen molar-refractivity contribution >= 4 is 80.8 Å². The van der Waals surface area contributed by atoms with E-state index in [1.165, 1.54) is 64.0 Å². The van der Waals surface area contributed by atoms with E-state index in [1.54, 1.807) is 0 Å². The van der Waals surface area contributed by atoms with Gasteiger partial charge in [0.2, 0.25) is 0 Å². The lowest BCUT2D eigenvalue weighted by Crippen LogP contribution is -2.45. The number of thiophene rings is 1. The Morgan fingerprint density at radius 1 is 0.422 bits per heavy atom. The second-order valence-electron chi connectivity index (χ2n) is 16.7. The Balaban J connectivity index is 0.938. The molecule has 5 heteroatoms. The predicted molar refractivity (Wildman–Crippen MR) is 269 cm³/mol. The van der Waals surface area contributed by atoms with E-state index in [1.807, 2.05) is 11.3 Å². The van der Waals surface area contributed by atoms with Crippen molar-refractivity contribution in [3.8, 4) is 33.4 Å². The molecule has 1 aliphatic heterocycles. The van der Waals surface area contributed by atoms with Crippen LogP contribution in [0, 0.1) is 0 Å². The Labute approximate surface area is 373 Å². The van der Waals surface area contributed by atoms with Crippen LogP contribution in [0.15, 0.2) is 222 Å². The van der Waals surface area contributed by atoms with Gasteiger partial charge in [-0.2, -0.15) is 0 Å². The van der Waals surface area contributed by atoms with Crippen molar-refractivity contribution in [1.29, 1.82) is 0 Å². The fraction of sp³-hybridized carbons (Fsp3) is 0.0339. The van der Waals surface area contributed by atoms with Gasteiger partial charge in [-0.1, -0.05) is 182 Å². The van der Waals surface area contributed by atoms with Crippen LogP contribution in [0.25, 0.3) is 97.0 Å². The molecule has 3 heterocycles. The Morgan fingerprint density at radius 2 is 1.09 bits per heavy atom. The molecule has 0 spiro atoms. The maximum Gasteiger partial charge on any atom is 0.136 e. The number of nitrogens with zero attached hydrogens (tertiary/aromatic N) is 1. The lowest BCUT2D eigenvalue weighted by molar-refractivity contribution is 0.411. The monoisotopic (exact) mass is 837 g/mol. The van der Waals surface area contributed by atoms with Crippen LogP contribution in [-0.2, 0) is 0 Å². The highest BCUT2D eigenvalue weighted by Gasteiger charge is 2.28. The SMILES string of the molecule is c1ccc(-c2ccc3c(c2)oc2cccc(-c4cccc5c(C6NC(c7cccc8sc9ccccc9c78)=NC(c7ccc(-c8cccc9ccccc89)cc7)N6)cccc45)c23)cc1. The predicted octanol–water partition coefficient (Wildman–Crippen LogP) is 15.6. The molecule has 64 heavy (non-hydrogen) atoms. The molecule has 13 rings (SSSR count). The average molecular weight is 838 g/mol. The summed E-state index contributed by atoms with van der Waals surface area (Å²) in [5.41, 5.74) is 12.2. The summed E-state index contributed by atoms with van der Waals surface area (Å²) in [4.78, 5) is 5.50. The van der Waals surface area contributed by atoms with E-state index in [0.717, 1.165) is 55.6 Å². The summed E-state index contributed by atoms with van der Waals surface area (Å²) in [6, 6.07) is 76.3. The molecule has 4 nitrogen and oxygen atoms in total. The summed E-state index contributed by atoms with van der Waals surface area (Å²) in [6.07, 6.45) is -0.565. The van der Waals surface area contributed by atoms with Gasteiger partial charge in [-0.3, -0.25) is 5.32 Å². The number of rotatable bonds is 6. The van der Waals surface area contributed by atoms with E-state index in [0.29, 0.717) is 0 Å². The maximum absolute atomic E-state index is 6.59. The molecule has 10 aromatic carbocycles. The van der Waals surface area contributed by atoms with Gasteiger partial charge in [0, 0.05) is 36.5 Å². The van der Waals surface area contributed by atoms with Gasteiger partial charge in [0.15, 0.2) is 0 Å². The van der Waals surface area contributed by atoms with Gasteiger partial charge in [0.05, 0.1) is 0 Å². The van der Waals surface area contributed by atoms with E-state index in [2.05, 4.69) is 223 Å². The van der Waals surface area contributed by atoms with Crippen LogP contribution in [0.1, 0.15) is 29.0 Å². The van der Waals surface area contributed by atoms with Gasteiger partial charge in [-0.25, -0.2) is 4.99 Å². The molecule has 0 fully saturated rings. The average Bonchev–Trinajstić information content (AvgIpc) is 3.94. The summed E-state index contributed by atoms with van der Waals surface area (Å²) in [7, 11) is 0. The minimum Gasteiger partial charge on any atom is -0.456 e. The van der Waals surface area contributed by atoms with Crippen LogP contribution in [0.2, 0.25) is 0 Å². The first-order chi connectivity index (χ1) is 31.7. The van der Waals surface area contributed by atoms with Crippen LogP contribution >= 0.6 is 11.3 Å². The molecule has 0 saturated heterocycles. The molecule has 12 aromatic rings. The Hall–Kier alpha value is -7.83. The number of fused-ring (bicyclic) bond motifs is 8. The number of amidine groups is 1. The second-order valence-corrected chi connectivity index (χ2v) is 17.7. The second kappa shape index (κ2) is 14.9. The van der Waals surface area contributed by atoms with Gasteiger partial charge < -0.3 is 9.73 Å². The van der Waals surface area contributed by atoms with Gasteiger partial charge in [-0.05, 0) is 96.4 Å². The van der Waals surface area contributed by atoms with Crippen LogP contribution in [-0.4, -0.2) is 5.84 Å². The summed E-state index contributed by atoms with van der Waals surface area (Å²) in [5, 5.41) is 17.5. The standard InChI is InChI=1S/C59H39N3OS/c1-2-13-36(14-3-1)40-33-34-48-52(35-40)63-51-26-11-23-46(55(48)51)44-21-9-22-45-43(44)20-10-24-47(45)58-60-57(39-31-29-38(30-32-39)42-19-8-16-37-15-4-5-17-41(37)42)61-59(62-58)50-25-12-28-54-56(50)49-18-6-7-27-53(49)64-54/h1-35,57-58,60H,(H,61,62). The Bertz CT molecular complexity index is 3800. The molecular formula is C59H39N3OS. The van der Waals surface area contributed by atoms with Crippen LogP contribution in [0.4, 0.5) is 0 Å². The Morgan fingerprint density at radius 3 is 2.02 bits per heavy atom. The number of hydrogen-bond donors (Lipinski definition) is 2. The van der Waals surface area contributed by atoms with Gasteiger partial charge in [0.1, 0.15) is 29.3 Å². The number of hydrogen-bond acceptors (Lipinski definition) is 5. The minimum absolute atomic E-state index is 0.253. The smallest absolute Gasteiger partial charge is 0.136 e. The highest BCUT2D eigenvalue weighted by molar-refractivity contribution is 7.25. The highest BCUT2D eigenvalue weighted by Crippen LogP contribution is 2.43. The lowest BCUT2D eigenvalue weighted by atomic mass is 9.91. The first-order valence-electron chi connectivity index (χ1n) is 21.8. The van der Waals surface area contributed by atoms with Crippen LogP contribution < -0.4 is 10.6 Å². The third-order valence-corrected chi connectivity index (χ3v) is 14.1. The van der Waals surface area contributed by atoms with Crippen molar-refractivity contribution in [3.05, 3.63) is 229 Å². The molecule has 302 valence electrons. The zero-order valence-electron chi connectivity index (χ0n) is 34.6. The number of aliphatic imine (C=N–C) groups is 1. The molecule has 2 N–H and O–H groups in total. The third kappa shape index (κ3) is 6.04. The maximum atomic E-state index is 6.59. The summed E-state index contributed by atoms with van der Waals surface area (Å²) in [6.45, 7) is 0. The zero-order chi connectivity index (χ0) is 42.1. The number of furan rings is 1.